The number of carbonyl (C=O) groups excluding carboxylic acids is 1. The van der Waals surface area contributed by atoms with Crippen LogP contribution in [0.1, 0.15) is 31.4 Å². The first-order chi connectivity index (χ1) is 14.5. The number of rotatable bonds is 10. The molecule has 7 heteroatoms. The van der Waals surface area contributed by atoms with E-state index in [0.717, 1.165) is 23.3 Å². The van der Waals surface area contributed by atoms with E-state index in [2.05, 4.69) is 10.6 Å². The van der Waals surface area contributed by atoms with Gasteiger partial charge in [0, 0.05) is 12.6 Å². The van der Waals surface area contributed by atoms with E-state index in [1.54, 1.807) is 13.2 Å². The first kappa shape index (κ1) is 23.2. The predicted octanol–water partition coefficient (Wildman–Crippen LogP) is 4.09. The lowest BCUT2D eigenvalue weighted by Crippen LogP contribution is -2.37. The molecule has 0 aromatic heterocycles. The summed E-state index contributed by atoms with van der Waals surface area (Å²) in [6, 6.07) is 13.2. The predicted molar refractivity (Wildman–Crippen MR) is 123 cm³/mol. The molecule has 0 heterocycles. The molecule has 2 aromatic carbocycles. The van der Waals surface area contributed by atoms with Crippen LogP contribution in [0.5, 0.6) is 17.2 Å². The molecule has 0 saturated carbocycles. The molecule has 0 atom stereocenters. The molecule has 160 valence electrons. The van der Waals surface area contributed by atoms with Gasteiger partial charge in [-0.1, -0.05) is 25.1 Å². The van der Waals surface area contributed by atoms with Crippen LogP contribution in [-0.2, 0) is 11.3 Å². The maximum absolute atomic E-state index is 12.1. The van der Waals surface area contributed by atoms with Gasteiger partial charge in [0.15, 0.2) is 16.6 Å². The van der Waals surface area contributed by atoms with Gasteiger partial charge in [-0.15, -0.1) is 0 Å². The first-order valence-electron chi connectivity index (χ1n) is 9.85. The van der Waals surface area contributed by atoms with Crippen LogP contribution < -0.4 is 24.8 Å². The summed E-state index contributed by atoms with van der Waals surface area (Å²) in [5.41, 5.74) is 1.85. The largest absolute Gasteiger partial charge is 0.494 e. The Labute approximate surface area is 183 Å². The second kappa shape index (κ2) is 12.5. The number of carbonyl (C=O) groups is 1. The fraction of sp³-hybridized carbons (Fsp3) is 0.304. The van der Waals surface area contributed by atoms with E-state index >= 15 is 0 Å². The van der Waals surface area contributed by atoms with Crippen molar-refractivity contribution in [1.29, 1.82) is 0 Å². The molecule has 2 aromatic rings. The zero-order chi connectivity index (χ0) is 21.8. The van der Waals surface area contributed by atoms with E-state index < -0.39 is 0 Å². The SMILES string of the molecule is CCCOc1ccc(CNC(=S)NC(=O)/C=C/c2ccc(OCC)cc2)cc1OC. The minimum atomic E-state index is -0.303. The Bertz CT molecular complexity index is 866. The third kappa shape index (κ3) is 7.75. The van der Waals surface area contributed by atoms with Crippen LogP contribution in [0.3, 0.4) is 0 Å². The molecular formula is C23H28N2O4S. The average Bonchev–Trinajstić information content (AvgIpc) is 2.76. The van der Waals surface area contributed by atoms with Crippen molar-refractivity contribution in [2.45, 2.75) is 26.8 Å². The Morgan fingerprint density at radius 1 is 1.07 bits per heavy atom. The topological polar surface area (TPSA) is 68.8 Å². The summed E-state index contributed by atoms with van der Waals surface area (Å²) in [7, 11) is 1.60. The zero-order valence-electron chi connectivity index (χ0n) is 17.6. The smallest absolute Gasteiger partial charge is 0.250 e. The van der Waals surface area contributed by atoms with E-state index in [1.165, 1.54) is 6.08 Å². The number of ether oxygens (including phenoxy) is 3. The lowest BCUT2D eigenvalue weighted by Gasteiger charge is -2.13. The standard InChI is InChI=1S/C23H28N2O4S/c1-4-14-29-20-12-8-18(15-21(20)27-3)16-24-23(30)25-22(26)13-9-17-6-10-19(11-7-17)28-5-2/h6-13,15H,4-5,14,16H2,1-3H3,(H2,24,25,26,30)/b13-9+. The van der Waals surface area contributed by atoms with Gasteiger partial charge in [-0.3, -0.25) is 10.1 Å². The minimum absolute atomic E-state index is 0.252. The summed E-state index contributed by atoms with van der Waals surface area (Å²) in [4.78, 5) is 12.1. The first-order valence-corrected chi connectivity index (χ1v) is 10.3. The van der Waals surface area contributed by atoms with Crippen LogP contribution >= 0.6 is 12.2 Å². The highest BCUT2D eigenvalue weighted by molar-refractivity contribution is 7.80. The molecule has 0 aliphatic rings. The lowest BCUT2D eigenvalue weighted by molar-refractivity contribution is -0.115. The number of thiocarbonyl (C=S) groups is 1. The average molecular weight is 429 g/mol. The highest BCUT2D eigenvalue weighted by Gasteiger charge is 2.07. The van der Waals surface area contributed by atoms with Crippen molar-refractivity contribution in [1.82, 2.24) is 10.6 Å². The molecule has 0 aliphatic carbocycles. The second-order valence-electron chi connectivity index (χ2n) is 6.34. The fourth-order valence-electron chi connectivity index (χ4n) is 2.55. The summed E-state index contributed by atoms with van der Waals surface area (Å²) in [5, 5.41) is 5.90. The summed E-state index contributed by atoms with van der Waals surface area (Å²) in [6.07, 6.45) is 4.08. The Balaban J connectivity index is 1.82. The van der Waals surface area contributed by atoms with Crippen LogP contribution in [0, 0.1) is 0 Å². The monoisotopic (exact) mass is 428 g/mol. The molecule has 2 N–H and O–H groups in total. The summed E-state index contributed by atoms with van der Waals surface area (Å²) in [6.45, 7) is 5.68. The molecule has 0 fully saturated rings. The van der Waals surface area contributed by atoms with Gasteiger partial charge < -0.3 is 19.5 Å². The fourth-order valence-corrected chi connectivity index (χ4v) is 2.72. The van der Waals surface area contributed by atoms with Crippen molar-refractivity contribution in [3.8, 4) is 17.2 Å². The number of methoxy groups -OCH3 is 1. The normalized spacial score (nSPS) is 10.5. The van der Waals surface area contributed by atoms with Crippen molar-refractivity contribution < 1.29 is 19.0 Å². The molecule has 6 nitrogen and oxygen atoms in total. The van der Waals surface area contributed by atoms with Gasteiger partial charge in [0.1, 0.15) is 5.75 Å². The number of nitrogens with one attached hydrogen (secondary N) is 2. The van der Waals surface area contributed by atoms with Gasteiger partial charge in [-0.05, 0) is 67.0 Å². The Hall–Kier alpha value is -3.06. The number of benzene rings is 2. The van der Waals surface area contributed by atoms with Gasteiger partial charge in [0.05, 0.1) is 20.3 Å². The molecule has 0 aliphatic heterocycles. The number of hydrogen-bond donors (Lipinski definition) is 2. The van der Waals surface area contributed by atoms with E-state index in [-0.39, 0.29) is 11.0 Å². The van der Waals surface area contributed by atoms with Crippen LogP contribution in [0.15, 0.2) is 48.5 Å². The van der Waals surface area contributed by atoms with Crippen LogP contribution in [0.25, 0.3) is 6.08 Å². The molecular weight excluding hydrogens is 400 g/mol. The molecule has 0 saturated heterocycles. The van der Waals surface area contributed by atoms with Gasteiger partial charge >= 0.3 is 0 Å². The molecule has 30 heavy (non-hydrogen) atoms. The summed E-state index contributed by atoms with van der Waals surface area (Å²) in [5.74, 6) is 1.86. The molecule has 0 bridgehead atoms. The molecule has 2 rings (SSSR count). The summed E-state index contributed by atoms with van der Waals surface area (Å²) >= 11 is 5.20. The van der Waals surface area contributed by atoms with E-state index in [0.29, 0.717) is 31.3 Å². The van der Waals surface area contributed by atoms with Gasteiger partial charge in [-0.2, -0.15) is 0 Å². The third-order valence-corrected chi connectivity index (χ3v) is 4.24. The Morgan fingerprint density at radius 2 is 1.83 bits per heavy atom. The molecule has 0 spiro atoms. The highest BCUT2D eigenvalue weighted by atomic mass is 32.1. The zero-order valence-corrected chi connectivity index (χ0v) is 18.4. The van der Waals surface area contributed by atoms with Gasteiger partial charge in [0.25, 0.3) is 0 Å². The highest BCUT2D eigenvalue weighted by Crippen LogP contribution is 2.28. The van der Waals surface area contributed by atoms with Crippen molar-refractivity contribution in [3.05, 3.63) is 59.7 Å². The quantitative estimate of drug-likeness (QED) is 0.439. The van der Waals surface area contributed by atoms with E-state index in [4.69, 9.17) is 26.4 Å². The maximum atomic E-state index is 12.1. The van der Waals surface area contributed by atoms with Gasteiger partial charge in [0.2, 0.25) is 5.91 Å². The lowest BCUT2D eigenvalue weighted by atomic mass is 10.2. The summed E-state index contributed by atoms with van der Waals surface area (Å²) < 4.78 is 16.4. The van der Waals surface area contributed by atoms with Crippen molar-refractivity contribution in [2.75, 3.05) is 20.3 Å². The van der Waals surface area contributed by atoms with E-state index in [9.17, 15) is 4.79 Å². The maximum Gasteiger partial charge on any atom is 0.250 e. The van der Waals surface area contributed by atoms with Crippen LogP contribution in [0.4, 0.5) is 0 Å². The van der Waals surface area contributed by atoms with Gasteiger partial charge in [-0.25, -0.2) is 0 Å². The van der Waals surface area contributed by atoms with Crippen molar-refractivity contribution >= 4 is 29.3 Å². The number of hydrogen-bond acceptors (Lipinski definition) is 5. The van der Waals surface area contributed by atoms with Crippen molar-refractivity contribution in [3.63, 3.8) is 0 Å². The second-order valence-corrected chi connectivity index (χ2v) is 6.75. The molecule has 0 radical (unpaired) electrons. The van der Waals surface area contributed by atoms with Crippen LogP contribution in [0.2, 0.25) is 0 Å². The molecule has 1 amide bonds. The third-order valence-electron chi connectivity index (χ3n) is 4.00. The molecule has 0 unspecified atom stereocenters. The Morgan fingerprint density at radius 3 is 2.50 bits per heavy atom. The minimum Gasteiger partial charge on any atom is -0.494 e. The number of amides is 1. The Kier molecular flexibility index (Phi) is 9.67. The van der Waals surface area contributed by atoms with E-state index in [1.807, 2.05) is 56.3 Å². The van der Waals surface area contributed by atoms with Crippen molar-refractivity contribution in [2.24, 2.45) is 0 Å². The van der Waals surface area contributed by atoms with Crippen LogP contribution in [-0.4, -0.2) is 31.3 Å².